The van der Waals surface area contributed by atoms with Crippen molar-refractivity contribution in [1.82, 2.24) is 10.6 Å². The maximum absolute atomic E-state index is 11.6. The molecule has 2 amide bonds. The van der Waals surface area contributed by atoms with Gasteiger partial charge in [0.05, 0.1) is 6.10 Å². The van der Waals surface area contributed by atoms with Gasteiger partial charge in [-0.1, -0.05) is 0 Å². The van der Waals surface area contributed by atoms with Crippen molar-refractivity contribution >= 4 is 11.8 Å². The first-order chi connectivity index (χ1) is 7.67. The van der Waals surface area contributed by atoms with Gasteiger partial charge in [-0.3, -0.25) is 9.59 Å². The molecule has 0 bridgehead atoms. The number of hydrogen-bond acceptors (Lipinski definition) is 4. The van der Waals surface area contributed by atoms with E-state index in [0.29, 0.717) is 19.5 Å². The van der Waals surface area contributed by atoms with Crippen LogP contribution >= 0.6 is 0 Å². The van der Waals surface area contributed by atoms with Crippen molar-refractivity contribution in [3.05, 3.63) is 0 Å². The second kappa shape index (κ2) is 6.44. The zero-order valence-corrected chi connectivity index (χ0v) is 9.49. The summed E-state index contributed by atoms with van der Waals surface area (Å²) < 4.78 is 5.42. The molecular weight excluding hydrogens is 210 g/mol. The molecule has 16 heavy (non-hydrogen) atoms. The first-order valence-electron chi connectivity index (χ1n) is 5.51. The highest BCUT2D eigenvalue weighted by Crippen LogP contribution is 2.18. The third-order valence-corrected chi connectivity index (χ3v) is 2.59. The van der Waals surface area contributed by atoms with Gasteiger partial charge in [-0.25, -0.2) is 0 Å². The van der Waals surface area contributed by atoms with Crippen LogP contribution in [0.4, 0.5) is 0 Å². The Morgan fingerprint density at radius 3 is 2.75 bits per heavy atom. The third-order valence-electron chi connectivity index (χ3n) is 2.59. The van der Waals surface area contributed by atoms with Crippen molar-refractivity contribution in [2.24, 2.45) is 5.73 Å². The average Bonchev–Trinajstić information content (AvgIpc) is 2.77. The van der Waals surface area contributed by atoms with E-state index in [9.17, 15) is 9.59 Å². The molecule has 0 aliphatic carbocycles. The molecule has 1 saturated heterocycles. The molecule has 0 aromatic heterocycles. The molecule has 2 atom stereocenters. The fourth-order valence-electron chi connectivity index (χ4n) is 1.61. The van der Waals surface area contributed by atoms with Gasteiger partial charge in [0.15, 0.2) is 0 Å². The number of carbonyl (C=O) groups excluding carboxylic acids is 2. The lowest BCUT2D eigenvalue weighted by atomic mass is 10.2. The SMILES string of the molecule is CNC(=O)CCNC(=O)C1CCC(CN)O1. The van der Waals surface area contributed by atoms with Gasteiger partial charge in [0.25, 0.3) is 0 Å². The van der Waals surface area contributed by atoms with Crippen molar-refractivity contribution in [2.45, 2.75) is 31.5 Å². The van der Waals surface area contributed by atoms with Crippen molar-refractivity contribution in [1.29, 1.82) is 0 Å². The van der Waals surface area contributed by atoms with Gasteiger partial charge in [0.1, 0.15) is 6.10 Å². The van der Waals surface area contributed by atoms with E-state index in [4.69, 9.17) is 10.5 Å². The van der Waals surface area contributed by atoms with E-state index in [0.717, 1.165) is 6.42 Å². The van der Waals surface area contributed by atoms with E-state index in [1.807, 2.05) is 0 Å². The van der Waals surface area contributed by atoms with Gasteiger partial charge < -0.3 is 21.1 Å². The lowest BCUT2D eigenvalue weighted by molar-refractivity contribution is -0.131. The van der Waals surface area contributed by atoms with Crippen LogP contribution in [0.5, 0.6) is 0 Å². The number of amides is 2. The van der Waals surface area contributed by atoms with E-state index < -0.39 is 6.10 Å². The van der Waals surface area contributed by atoms with E-state index in [-0.39, 0.29) is 24.3 Å². The van der Waals surface area contributed by atoms with Crippen LogP contribution in [0.3, 0.4) is 0 Å². The molecule has 1 aliphatic heterocycles. The molecule has 4 N–H and O–H groups in total. The first kappa shape index (κ1) is 12.9. The number of carbonyl (C=O) groups is 2. The van der Waals surface area contributed by atoms with Gasteiger partial charge in [-0.15, -0.1) is 0 Å². The average molecular weight is 229 g/mol. The number of nitrogens with two attached hydrogens (primary N) is 1. The molecule has 0 spiro atoms. The van der Waals surface area contributed by atoms with Gasteiger partial charge in [0, 0.05) is 26.6 Å². The van der Waals surface area contributed by atoms with E-state index in [1.54, 1.807) is 7.05 Å². The molecule has 0 aromatic rings. The second-order valence-corrected chi connectivity index (χ2v) is 3.77. The van der Waals surface area contributed by atoms with Crippen LogP contribution in [0.25, 0.3) is 0 Å². The maximum Gasteiger partial charge on any atom is 0.249 e. The standard InChI is InChI=1S/C10H19N3O3/c1-12-9(14)4-5-13-10(15)8-3-2-7(6-11)16-8/h7-8H,2-6,11H2,1H3,(H,12,14)(H,13,15). The highest BCUT2D eigenvalue weighted by molar-refractivity contribution is 5.82. The Balaban J connectivity index is 2.18. The number of ether oxygens (including phenoxy) is 1. The Hall–Kier alpha value is -1.14. The Morgan fingerprint density at radius 2 is 2.19 bits per heavy atom. The van der Waals surface area contributed by atoms with Crippen LogP contribution in [0.15, 0.2) is 0 Å². The van der Waals surface area contributed by atoms with E-state index >= 15 is 0 Å². The van der Waals surface area contributed by atoms with Crippen molar-refractivity contribution in [2.75, 3.05) is 20.1 Å². The minimum absolute atomic E-state index is 0.00492. The zero-order chi connectivity index (χ0) is 12.0. The second-order valence-electron chi connectivity index (χ2n) is 3.77. The summed E-state index contributed by atoms with van der Waals surface area (Å²) in [5.74, 6) is -0.243. The summed E-state index contributed by atoms with van der Waals surface area (Å²) >= 11 is 0. The fourth-order valence-corrected chi connectivity index (χ4v) is 1.61. The molecule has 6 heteroatoms. The van der Waals surface area contributed by atoms with Crippen LogP contribution < -0.4 is 16.4 Å². The van der Waals surface area contributed by atoms with Crippen molar-refractivity contribution in [3.8, 4) is 0 Å². The largest absolute Gasteiger partial charge is 0.364 e. The quantitative estimate of drug-likeness (QED) is 0.549. The molecule has 0 aromatic carbocycles. The lowest BCUT2D eigenvalue weighted by Crippen LogP contribution is -2.37. The summed E-state index contributed by atoms with van der Waals surface area (Å²) in [7, 11) is 1.57. The Kier molecular flexibility index (Phi) is 5.21. The topological polar surface area (TPSA) is 93.5 Å². The first-order valence-corrected chi connectivity index (χ1v) is 5.51. The predicted molar refractivity (Wildman–Crippen MR) is 58.6 cm³/mol. The zero-order valence-electron chi connectivity index (χ0n) is 9.49. The van der Waals surface area contributed by atoms with Crippen molar-refractivity contribution in [3.63, 3.8) is 0 Å². The Labute approximate surface area is 94.9 Å². The Bertz CT molecular complexity index is 258. The van der Waals surface area contributed by atoms with Gasteiger partial charge in [-0.2, -0.15) is 0 Å². The Morgan fingerprint density at radius 1 is 1.44 bits per heavy atom. The van der Waals surface area contributed by atoms with Crippen LogP contribution in [0, 0.1) is 0 Å². The molecule has 1 heterocycles. The van der Waals surface area contributed by atoms with Gasteiger partial charge in [-0.05, 0) is 12.8 Å². The number of nitrogens with one attached hydrogen (secondary N) is 2. The molecule has 1 rings (SSSR count). The molecular formula is C10H19N3O3. The summed E-state index contributed by atoms with van der Waals surface area (Å²) in [6.45, 7) is 0.785. The molecule has 2 unspecified atom stereocenters. The monoisotopic (exact) mass is 229 g/mol. The molecule has 1 aliphatic rings. The summed E-state index contributed by atoms with van der Waals surface area (Å²) in [6, 6.07) is 0. The molecule has 6 nitrogen and oxygen atoms in total. The summed E-state index contributed by atoms with van der Waals surface area (Å²) in [5.41, 5.74) is 5.44. The van der Waals surface area contributed by atoms with Crippen LogP contribution in [-0.4, -0.2) is 44.2 Å². The van der Waals surface area contributed by atoms with Crippen molar-refractivity contribution < 1.29 is 14.3 Å². The minimum Gasteiger partial charge on any atom is -0.364 e. The molecule has 0 radical (unpaired) electrons. The number of hydrogen-bond donors (Lipinski definition) is 3. The summed E-state index contributed by atoms with van der Waals surface area (Å²) in [6.07, 6.45) is 1.40. The van der Waals surface area contributed by atoms with Crippen LogP contribution in [0.2, 0.25) is 0 Å². The van der Waals surface area contributed by atoms with Crippen LogP contribution in [0.1, 0.15) is 19.3 Å². The molecule has 0 saturated carbocycles. The smallest absolute Gasteiger partial charge is 0.249 e. The highest BCUT2D eigenvalue weighted by atomic mass is 16.5. The van der Waals surface area contributed by atoms with Crippen LogP contribution in [-0.2, 0) is 14.3 Å². The maximum atomic E-state index is 11.6. The summed E-state index contributed by atoms with van der Waals surface area (Å²) in [4.78, 5) is 22.5. The lowest BCUT2D eigenvalue weighted by Gasteiger charge is -2.12. The van der Waals surface area contributed by atoms with Gasteiger partial charge in [0.2, 0.25) is 11.8 Å². The van der Waals surface area contributed by atoms with Gasteiger partial charge >= 0.3 is 0 Å². The third kappa shape index (κ3) is 3.79. The predicted octanol–water partition coefficient (Wildman–Crippen LogP) is -1.25. The highest BCUT2D eigenvalue weighted by Gasteiger charge is 2.29. The normalized spacial score (nSPS) is 24.1. The van der Waals surface area contributed by atoms with E-state index in [2.05, 4.69) is 10.6 Å². The van der Waals surface area contributed by atoms with E-state index in [1.165, 1.54) is 0 Å². The molecule has 1 fully saturated rings. The fraction of sp³-hybridized carbons (Fsp3) is 0.800. The summed E-state index contributed by atoms with van der Waals surface area (Å²) in [5, 5.41) is 5.16. The minimum atomic E-state index is -0.404. The number of rotatable bonds is 5. The molecule has 92 valence electrons.